The molecule has 0 spiro atoms. The zero-order chi connectivity index (χ0) is 27.4. The van der Waals surface area contributed by atoms with Crippen LogP contribution in [-0.4, -0.2) is 22.3 Å². The smallest absolute Gasteiger partial charge is 0.417 e. The molecular formula is C32H31F3N2O3. The van der Waals surface area contributed by atoms with Crippen LogP contribution in [0.3, 0.4) is 0 Å². The van der Waals surface area contributed by atoms with Gasteiger partial charge in [-0.25, -0.2) is 0 Å². The van der Waals surface area contributed by atoms with Crippen molar-refractivity contribution in [3.8, 4) is 17.0 Å². The second kappa shape index (κ2) is 9.61. The summed E-state index contributed by atoms with van der Waals surface area (Å²) in [5.41, 5.74) is 0.984. The minimum Gasteiger partial charge on any atom is -0.491 e. The predicted molar refractivity (Wildman–Crippen MR) is 144 cm³/mol. The highest BCUT2D eigenvalue weighted by Gasteiger charge is 2.50. The number of hydrogen-bond acceptors (Lipinski definition) is 5. The van der Waals surface area contributed by atoms with Crippen molar-refractivity contribution in [1.29, 1.82) is 0 Å². The lowest BCUT2D eigenvalue weighted by Crippen LogP contribution is -2.49. The molecule has 2 aromatic heterocycles. The fourth-order valence-corrected chi connectivity index (χ4v) is 6.59. The molecule has 4 aliphatic rings. The number of alkyl halides is 3. The Hall–Kier alpha value is -3.39. The summed E-state index contributed by atoms with van der Waals surface area (Å²) in [6, 6.07) is 15.6. The fraction of sp³-hybridized carbons (Fsp3) is 0.438. The standard InChI is InChI=1S/C32H31F3N2O3/c33-32(34,35)25-8-2-1-7-23(25)28-24(29(40-37-28)22-10-11-22)19-39-31-15-12-30(13-16-31,14-17-31)20-38-26-9-3-5-21-6-4-18-36-27(21)26/h1-9,18,22H,10-17,19-20H2. The molecule has 2 heterocycles. The van der Waals surface area contributed by atoms with E-state index in [0.29, 0.717) is 17.9 Å². The van der Waals surface area contributed by atoms with E-state index < -0.39 is 11.7 Å². The Morgan fingerprint density at radius 2 is 1.65 bits per heavy atom. The molecular weight excluding hydrogens is 517 g/mol. The molecule has 0 atom stereocenters. The van der Waals surface area contributed by atoms with E-state index in [1.165, 1.54) is 12.1 Å². The third kappa shape index (κ3) is 4.66. The molecule has 8 heteroatoms. The van der Waals surface area contributed by atoms with Crippen molar-refractivity contribution >= 4 is 10.9 Å². The van der Waals surface area contributed by atoms with Crippen LogP contribution in [0.15, 0.2) is 65.3 Å². The molecule has 0 radical (unpaired) electrons. The maximum atomic E-state index is 13.8. The molecule has 4 fully saturated rings. The topological polar surface area (TPSA) is 57.4 Å². The lowest BCUT2D eigenvalue weighted by atomic mass is 9.59. The van der Waals surface area contributed by atoms with Gasteiger partial charge < -0.3 is 14.0 Å². The number of nitrogens with zero attached hydrogens (tertiary/aromatic N) is 2. The molecule has 0 unspecified atom stereocenters. The molecule has 0 saturated heterocycles. The van der Waals surface area contributed by atoms with E-state index in [2.05, 4.69) is 10.1 Å². The minimum absolute atomic E-state index is 0.0492. The molecule has 4 aromatic rings. The Morgan fingerprint density at radius 1 is 0.900 bits per heavy atom. The minimum atomic E-state index is -4.48. The maximum absolute atomic E-state index is 13.8. The summed E-state index contributed by atoms with van der Waals surface area (Å²) in [5.74, 6) is 1.71. The number of benzene rings is 2. The molecule has 0 N–H and O–H groups in total. The summed E-state index contributed by atoms with van der Waals surface area (Å²) in [6.45, 7) is 0.858. The highest BCUT2D eigenvalue weighted by Crippen LogP contribution is 2.55. The Kier molecular flexibility index (Phi) is 6.15. The van der Waals surface area contributed by atoms with Crippen molar-refractivity contribution in [2.24, 2.45) is 5.41 Å². The Balaban J connectivity index is 1.06. The van der Waals surface area contributed by atoms with Crippen molar-refractivity contribution in [3.05, 3.63) is 77.7 Å². The number of fused-ring (bicyclic) bond motifs is 4. The average Bonchev–Trinajstić information content (AvgIpc) is 3.74. The largest absolute Gasteiger partial charge is 0.491 e. The number of hydrogen-bond donors (Lipinski definition) is 0. The van der Waals surface area contributed by atoms with Crippen LogP contribution in [-0.2, 0) is 17.5 Å². The van der Waals surface area contributed by atoms with E-state index in [9.17, 15) is 13.2 Å². The quantitative estimate of drug-likeness (QED) is 0.221. The van der Waals surface area contributed by atoms with Gasteiger partial charge in [0.25, 0.3) is 0 Å². The number of rotatable bonds is 8. The summed E-state index contributed by atoms with van der Waals surface area (Å²) in [7, 11) is 0. The summed E-state index contributed by atoms with van der Waals surface area (Å²) >= 11 is 0. The maximum Gasteiger partial charge on any atom is 0.417 e. The molecule has 4 saturated carbocycles. The lowest BCUT2D eigenvalue weighted by molar-refractivity contribution is -0.150. The van der Waals surface area contributed by atoms with E-state index in [1.54, 1.807) is 12.3 Å². The van der Waals surface area contributed by atoms with Gasteiger partial charge in [0.05, 0.1) is 24.4 Å². The average molecular weight is 549 g/mol. The van der Waals surface area contributed by atoms with E-state index in [0.717, 1.165) is 74.1 Å². The number of aromatic nitrogens is 2. The zero-order valence-corrected chi connectivity index (χ0v) is 22.2. The van der Waals surface area contributed by atoms with Crippen LogP contribution in [0.5, 0.6) is 5.75 Å². The summed E-state index contributed by atoms with van der Waals surface area (Å²) in [6.07, 6.45) is 4.93. The SMILES string of the molecule is FC(F)(F)c1ccccc1-c1noc(C2CC2)c1COC12CCC(COc3cccc4cccnc34)(CC1)CC2. The highest BCUT2D eigenvalue weighted by molar-refractivity contribution is 5.84. The number of pyridine rings is 1. The van der Waals surface area contributed by atoms with Crippen molar-refractivity contribution in [1.82, 2.24) is 10.1 Å². The van der Waals surface area contributed by atoms with Crippen LogP contribution in [0.4, 0.5) is 13.2 Å². The number of halogens is 3. The van der Waals surface area contributed by atoms with Crippen molar-refractivity contribution in [3.63, 3.8) is 0 Å². The molecule has 0 amide bonds. The third-order valence-corrected chi connectivity index (χ3v) is 9.24. The van der Waals surface area contributed by atoms with E-state index in [-0.39, 0.29) is 34.8 Å². The van der Waals surface area contributed by atoms with Crippen LogP contribution >= 0.6 is 0 Å². The van der Waals surface area contributed by atoms with Gasteiger partial charge >= 0.3 is 6.18 Å². The van der Waals surface area contributed by atoms with Gasteiger partial charge in [-0.15, -0.1) is 0 Å². The molecule has 8 rings (SSSR count). The second-order valence-corrected chi connectivity index (χ2v) is 11.8. The second-order valence-electron chi connectivity index (χ2n) is 11.8. The molecule has 208 valence electrons. The highest BCUT2D eigenvalue weighted by atomic mass is 19.4. The predicted octanol–water partition coefficient (Wildman–Crippen LogP) is 8.47. The first-order valence-electron chi connectivity index (χ1n) is 14.1. The fourth-order valence-electron chi connectivity index (χ4n) is 6.59. The third-order valence-electron chi connectivity index (χ3n) is 9.24. The molecule has 2 aromatic carbocycles. The molecule has 0 aliphatic heterocycles. The van der Waals surface area contributed by atoms with Crippen LogP contribution in [0.1, 0.15) is 74.2 Å². The van der Waals surface area contributed by atoms with Crippen LogP contribution in [0, 0.1) is 5.41 Å². The number of para-hydroxylation sites is 1. The van der Waals surface area contributed by atoms with Crippen LogP contribution in [0.2, 0.25) is 0 Å². The monoisotopic (exact) mass is 548 g/mol. The molecule has 4 aliphatic carbocycles. The Labute approximate surface area is 230 Å². The van der Waals surface area contributed by atoms with Gasteiger partial charge in [0, 0.05) is 34.0 Å². The van der Waals surface area contributed by atoms with Crippen LogP contribution in [0.25, 0.3) is 22.2 Å². The summed E-state index contributed by atoms with van der Waals surface area (Å²) < 4.78 is 60.1. The van der Waals surface area contributed by atoms with Gasteiger partial charge in [-0.05, 0) is 69.6 Å². The molecule has 5 nitrogen and oxygen atoms in total. The molecule has 2 bridgehead atoms. The Morgan fingerprint density at radius 3 is 2.40 bits per heavy atom. The normalized spacial score (nSPS) is 24.5. The first kappa shape index (κ1) is 25.6. The van der Waals surface area contributed by atoms with Gasteiger partial charge in [0.15, 0.2) is 0 Å². The van der Waals surface area contributed by atoms with Gasteiger partial charge in [0.1, 0.15) is 22.7 Å². The number of ether oxygens (including phenoxy) is 2. The first-order chi connectivity index (χ1) is 19.3. The van der Waals surface area contributed by atoms with E-state index >= 15 is 0 Å². The summed E-state index contributed by atoms with van der Waals surface area (Å²) in [4.78, 5) is 4.51. The Bertz CT molecular complexity index is 1510. The van der Waals surface area contributed by atoms with Crippen LogP contribution < -0.4 is 4.74 Å². The zero-order valence-electron chi connectivity index (χ0n) is 22.2. The van der Waals surface area contributed by atoms with E-state index in [4.69, 9.17) is 14.0 Å². The van der Waals surface area contributed by atoms with Gasteiger partial charge in [0.2, 0.25) is 0 Å². The lowest BCUT2D eigenvalue weighted by Gasteiger charge is -2.52. The van der Waals surface area contributed by atoms with Crippen molar-refractivity contribution in [2.75, 3.05) is 6.61 Å². The molecule has 40 heavy (non-hydrogen) atoms. The van der Waals surface area contributed by atoms with Gasteiger partial charge in [-0.2, -0.15) is 13.2 Å². The summed E-state index contributed by atoms with van der Waals surface area (Å²) in [5, 5.41) is 5.22. The van der Waals surface area contributed by atoms with Crippen molar-refractivity contribution < 1.29 is 27.2 Å². The van der Waals surface area contributed by atoms with E-state index in [1.807, 2.05) is 30.3 Å². The van der Waals surface area contributed by atoms with Gasteiger partial charge in [-0.3, -0.25) is 4.98 Å². The van der Waals surface area contributed by atoms with Gasteiger partial charge in [-0.1, -0.05) is 41.6 Å². The first-order valence-corrected chi connectivity index (χ1v) is 14.1. The van der Waals surface area contributed by atoms with Crippen molar-refractivity contribution in [2.45, 2.75) is 75.7 Å².